The van der Waals surface area contributed by atoms with Crippen LogP contribution in [0.4, 0.5) is 0 Å². The summed E-state index contributed by atoms with van der Waals surface area (Å²) in [5.41, 5.74) is 4.60. The minimum Gasteiger partial charge on any atom is -0.241 e. The molecule has 1 heterocycles. The maximum Gasteiger partial charge on any atom is 0.129 e. The van der Waals surface area contributed by atoms with Gasteiger partial charge in [0.1, 0.15) is 5.82 Å². The summed E-state index contributed by atoms with van der Waals surface area (Å²) in [6.45, 7) is 6.47. The average molecular weight is 265 g/mol. The van der Waals surface area contributed by atoms with E-state index in [9.17, 15) is 0 Å². The fraction of sp³-hybridized carbons (Fsp3) is 0.353. The van der Waals surface area contributed by atoms with Gasteiger partial charge >= 0.3 is 0 Å². The Morgan fingerprint density at radius 3 is 2.75 bits per heavy atom. The Bertz CT molecular complexity index is 639. The van der Waals surface area contributed by atoms with Gasteiger partial charge in [0.15, 0.2) is 0 Å². The van der Waals surface area contributed by atoms with Crippen molar-refractivity contribution in [1.82, 2.24) is 9.97 Å². The van der Waals surface area contributed by atoms with Crippen molar-refractivity contribution in [2.45, 2.75) is 39.5 Å². The molecule has 0 aliphatic carbocycles. The fourth-order valence-electron chi connectivity index (χ4n) is 2.11. The summed E-state index contributed by atoms with van der Waals surface area (Å²) in [6, 6.07) is 10.6. The van der Waals surface area contributed by atoms with E-state index in [-0.39, 0.29) is 0 Å². The molecular weight excluding hydrogens is 246 g/mol. The molecule has 0 atom stereocenters. The molecule has 0 bridgehead atoms. The molecule has 1 aromatic carbocycles. The minimum atomic E-state index is 0.453. The first-order chi connectivity index (χ1) is 9.61. The summed E-state index contributed by atoms with van der Waals surface area (Å²) in [4.78, 5) is 8.81. The predicted molar refractivity (Wildman–Crippen MR) is 80.2 cm³/mol. The van der Waals surface area contributed by atoms with Crippen LogP contribution in [-0.2, 0) is 6.42 Å². The first-order valence-corrected chi connectivity index (χ1v) is 6.91. The van der Waals surface area contributed by atoms with Crippen LogP contribution in [0.5, 0.6) is 0 Å². The van der Waals surface area contributed by atoms with Crippen molar-refractivity contribution >= 4 is 0 Å². The minimum absolute atomic E-state index is 0.453. The topological polar surface area (TPSA) is 49.6 Å². The Morgan fingerprint density at radius 2 is 2.05 bits per heavy atom. The third kappa shape index (κ3) is 3.21. The standard InChI is InChI=1S/C17H19N3/c1-12(2)14-7-6-13(3)15(11-14)16-8-10-19-17(20-16)5-4-9-18/h6-8,10-12H,4-5H2,1-3H3. The zero-order valence-electron chi connectivity index (χ0n) is 12.2. The van der Waals surface area contributed by atoms with Crippen molar-refractivity contribution in [2.24, 2.45) is 0 Å². The summed E-state index contributed by atoms with van der Waals surface area (Å²) in [5.74, 6) is 1.23. The molecule has 0 fully saturated rings. The highest BCUT2D eigenvalue weighted by Gasteiger charge is 2.08. The Labute approximate surface area is 120 Å². The SMILES string of the molecule is Cc1ccc(C(C)C)cc1-c1ccnc(CCC#N)n1. The zero-order chi connectivity index (χ0) is 14.5. The molecule has 0 N–H and O–H groups in total. The first-order valence-electron chi connectivity index (χ1n) is 6.91. The quantitative estimate of drug-likeness (QED) is 0.838. The Hall–Kier alpha value is -2.21. The van der Waals surface area contributed by atoms with Crippen molar-refractivity contribution in [3.8, 4) is 17.3 Å². The van der Waals surface area contributed by atoms with Crippen LogP contribution in [0.3, 0.4) is 0 Å². The maximum absolute atomic E-state index is 8.65. The van der Waals surface area contributed by atoms with E-state index in [1.54, 1.807) is 6.20 Å². The van der Waals surface area contributed by atoms with Crippen LogP contribution in [0.2, 0.25) is 0 Å². The van der Waals surface area contributed by atoms with Gasteiger partial charge in [0.05, 0.1) is 11.8 Å². The Balaban J connectivity index is 2.40. The molecular formula is C17H19N3. The van der Waals surface area contributed by atoms with E-state index < -0.39 is 0 Å². The predicted octanol–water partition coefficient (Wildman–Crippen LogP) is 4.03. The highest BCUT2D eigenvalue weighted by atomic mass is 14.9. The van der Waals surface area contributed by atoms with Gasteiger partial charge in [-0.1, -0.05) is 26.0 Å². The summed E-state index contributed by atoms with van der Waals surface area (Å²) in [7, 11) is 0. The number of benzene rings is 1. The van der Waals surface area contributed by atoms with Crippen molar-refractivity contribution in [3.63, 3.8) is 0 Å². The van der Waals surface area contributed by atoms with Crippen LogP contribution < -0.4 is 0 Å². The third-order valence-electron chi connectivity index (χ3n) is 3.37. The molecule has 102 valence electrons. The van der Waals surface area contributed by atoms with Gasteiger partial charge in [-0.25, -0.2) is 9.97 Å². The van der Waals surface area contributed by atoms with E-state index in [0.29, 0.717) is 18.8 Å². The number of rotatable bonds is 4. The zero-order valence-corrected chi connectivity index (χ0v) is 12.2. The maximum atomic E-state index is 8.65. The molecule has 0 radical (unpaired) electrons. The van der Waals surface area contributed by atoms with Crippen LogP contribution in [0.1, 0.15) is 43.1 Å². The monoisotopic (exact) mass is 265 g/mol. The van der Waals surface area contributed by atoms with Gasteiger partial charge in [0.25, 0.3) is 0 Å². The van der Waals surface area contributed by atoms with Crippen molar-refractivity contribution in [2.75, 3.05) is 0 Å². The first kappa shape index (κ1) is 14.2. The largest absolute Gasteiger partial charge is 0.241 e. The third-order valence-corrected chi connectivity index (χ3v) is 3.37. The number of hydrogen-bond acceptors (Lipinski definition) is 3. The molecule has 2 aromatic rings. The van der Waals surface area contributed by atoms with Crippen LogP contribution in [0.15, 0.2) is 30.5 Å². The van der Waals surface area contributed by atoms with E-state index in [1.807, 2.05) is 6.07 Å². The molecule has 3 heteroatoms. The lowest BCUT2D eigenvalue weighted by atomic mass is 9.96. The highest BCUT2D eigenvalue weighted by molar-refractivity contribution is 5.64. The Morgan fingerprint density at radius 1 is 1.25 bits per heavy atom. The van der Waals surface area contributed by atoms with E-state index in [4.69, 9.17) is 5.26 Å². The molecule has 0 spiro atoms. The summed E-state index contributed by atoms with van der Waals surface area (Å²) in [6.07, 6.45) is 2.83. The highest BCUT2D eigenvalue weighted by Crippen LogP contribution is 2.26. The van der Waals surface area contributed by atoms with E-state index >= 15 is 0 Å². The summed E-state index contributed by atoms with van der Waals surface area (Å²) < 4.78 is 0. The number of aromatic nitrogens is 2. The van der Waals surface area contributed by atoms with Gasteiger partial charge < -0.3 is 0 Å². The molecule has 2 rings (SSSR count). The normalized spacial score (nSPS) is 10.6. The Kier molecular flexibility index (Phi) is 4.47. The second-order valence-electron chi connectivity index (χ2n) is 5.25. The fourth-order valence-corrected chi connectivity index (χ4v) is 2.11. The van der Waals surface area contributed by atoms with Crippen molar-refractivity contribution in [1.29, 1.82) is 5.26 Å². The van der Waals surface area contributed by atoms with Crippen LogP contribution in [0.25, 0.3) is 11.3 Å². The van der Waals surface area contributed by atoms with Gasteiger partial charge in [-0.05, 0) is 36.1 Å². The lowest BCUT2D eigenvalue weighted by molar-refractivity contribution is 0.865. The van der Waals surface area contributed by atoms with Crippen molar-refractivity contribution in [3.05, 3.63) is 47.4 Å². The second kappa shape index (κ2) is 6.29. The molecule has 0 aliphatic rings. The van der Waals surface area contributed by atoms with Gasteiger partial charge in [-0.2, -0.15) is 5.26 Å². The number of nitriles is 1. The summed E-state index contributed by atoms with van der Waals surface area (Å²) in [5, 5.41) is 8.65. The van der Waals surface area contributed by atoms with E-state index in [0.717, 1.165) is 17.1 Å². The molecule has 0 amide bonds. The van der Waals surface area contributed by atoms with Gasteiger partial charge in [-0.15, -0.1) is 0 Å². The van der Waals surface area contributed by atoms with Crippen LogP contribution in [-0.4, -0.2) is 9.97 Å². The molecule has 0 unspecified atom stereocenters. The molecule has 1 aromatic heterocycles. The molecule has 20 heavy (non-hydrogen) atoms. The lowest BCUT2D eigenvalue weighted by Gasteiger charge is -2.11. The van der Waals surface area contributed by atoms with E-state index in [1.165, 1.54) is 11.1 Å². The molecule has 0 saturated carbocycles. The number of nitrogens with zero attached hydrogens (tertiary/aromatic N) is 3. The van der Waals surface area contributed by atoms with Crippen LogP contribution in [0, 0.1) is 18.3 Å². The van der Waals surface area contributed by atoms with Gasteiger partial charge in [0, 0.05) is 24.6 Å². The van der Waals surface area contributed by atoms with E-state index in [2.05, 4.69) is 55.0 Å². The second-order valence-corrected chi connectivity index (χ2v) is 5.25. The van der Waals surface area contributed by atoms with Gasteiger partial charge in [-0.3, -0.25) is 0 Å². The summed E-state index contributed by atoms with van der Waals surface area (Å²) >= 11 is 0. The molecule has 3 nitrogen and oxygen atoms in total. The number of aryl methyl sites for hydroxylation is 2. The average Bonchev–Trinajstić information content (AvgIpc) is 2.45. The molecule has 0 saturated heterocycles. The smallest absolute Gasteiger partial charge is 0.129 e. The molecule has 0 aliphatic heterocycles. The number of hydrogen-bond donors (Lipinski definition) is 0. The van der Waals surface area contributed by atoms with Crippen molar-refractivity contribution < 1.29 is 0 Å². The lowest BCUT2D eigenvalue weighted by Crippen LogP contribution is -1.98. The van der Waals surface area contributed by atoms with Gasteiger partial charge in [0.2, 0.25) is 0 Å². The van der Waals surface area contributed by atoms with Crippen LogP contribution >= 0.6 is 0 Å².